The van der Waals surface area contributed by atoms with Gasteiger partial charge in [-0.25, -0.2) is 4.79 Å². The second kappa shape index (κ2) is 4.30. The Morgan fingerprint density at radius 1 is 1.15 bits per heavy atom. The van der Waals surface area contributed by atoms with Gasteiger partial charge in [0.15, 0.2) is 0 Å². The number of hydrogen-bond donors (Lipinski definition) is 2. The molecule has 2 N–H and O–H groups in total. The molecule has 0 unspecified atom stereocenters. The smallest absolute Gasteiger partial charge is 0.335 e. The highest BCUT2D eigenvalue weighted by molar-refractivity contribution is 5.87. The van der Waals surface area contributed by atoms with Crippen molar-refractivity contribution >= 4 is 5.97 Å². The third-order valence-corrected chi connectivity index (χ3v) is 1.35. The van der Waals surface area contributed by atoms with Crippen LogP contribution < -0.4 is 0 Å². The number of aromatic carboxylic acids is 1. The normalized spacial score (nSPS) is 11.4. The van der Waals surface area contributed by atoms with Crippen molar-refractivity contribution in [1.29, 1.82) is 0 Å². The molecule has 1 aromatic rings. The van der Waals surface area contributed by atoms with Crippen molar-refractivity contribution in [2.75, 3.05) is 0 Å². The summed E-state index contributed by atoms with van der Waals surface area (Å²) >= 11 is 0. The molecule has 1 aliphatic carbocycles. The third-order valence-electron chi connectivity index (χ3n) is 1.35. The van der Waals surface area contributed by atoms with Gasteiger partial charge in [-0.05, 0) is 30.7 Å². The minimum absolute atomic E-state index is 0.0741. The van der Waals surface area contributed by atoms with Gasteiger partial charge >= 0.3 is 5.97 Å². The lowest BCUT2D eigenvalue weighted by Gasteiger charge is -1.92. The van der Waals surface area contributed by atoms with Crippen molar-refractivity contribution in [3.63, 3.8) is 0 Å². The average molecular weight is 178 g/mol. The molecule has 2 rings (SSSR count). The average Bonchev–Trinajstić information content (AvgIpc) is 2.90. The van der Waals surface area contributed by atoms with E-state index in [1.165, 1.54) is 30.7 Å². The van der Waals surface area contributed by atoms with Crippen molar-refractivity contribution in [2.45, 2.75) is 6.42 Å². The molecule has 0 aromatic heterocycles. The molecule has 0 atom stereocenters. The predicted octanol–water partition coefficient (Wildman–Crippen LogP) is 2.04. The molecule has 0 saturated carbocycles. The van der Waals surface area contributed by atoms with Gasteiger partial charge in [0.25, 0.3) is 0 Å². The summed E-state index contributed by atoms with van der Waals surface area (Å²) in [6.07, 6.45) is 5.50. The highest BCUT2D eigenvalue weighted by Crippen LogP contribution is 2.08. The summed E-state index contributed by atoms with van der Waals surface area (Å²) in [5.74, 6) is -0.912. The van der Waals surface area contributed by atoms with Gasteiger partial charge in [0.05, 0.1) is 5.56 Å². The summed E-state index contributed by atoms with van der Waals surface area (Å²) in [4.78, 5) is 10.2. The van der Waals surface area contributed by atoms with E-state index in [2.05, 4.69) is 12.2 Å². The molecule has 0 amide bonds. The van der Waals surface area contributed by atoms with Gasteiger partial charge in [0, 0.05) is 0 Å². The number of benzene rings is 1. The van der Waals surface area contributed by atoms with Crippen LogP contribution in [0.1, 0.15) is 16.8 Å². The Kier molecular flexibility index (Phi) is 3.09. The van der Waals surface area contributed by atoms with Gasteiger partial charge in [-0.15, -0.1) is 0 Å². The Balaban J connectivity index is 0.000000236. The Hall–Kier alpha value is -1.77. The first-order valence-electron chi connectivity index (χ1n) is 3.87. The van der Waals surface area contributed by atoms with Crippen LogP contribution >= 0.6 is 0 Å². The van der Waals surface area contributed by atoms with Crippen molar-refractivity contribution in [3.8, 4) is 5.75 Å². The number of hydrogen-bond acceptors (Lipinski definition) is 2. The first-order valence-corrected chi connectivity index (χ1v) is 3.87. The molecule has 0 aliphatic heterocycles. The molecular formula is C10H10O3. The third kappa shape index (κ3) is 3.96. The topological polar surface area (TPSA) is 57.5 Å². The van der Waals surface area contributed by atoms with E-state index in [4.69, 9.17) is 10.2 Å². The Morgan fingerprint density at radius 3 is 1.92 bits per heavy atom. The van der Waals surface area contributed by atoms with Crippen molar-refractivity contribution in [1.82, 2.24) is 0 Å². The molecule has 68 valence electrons. The van der Waals surface area contributed by atoms with Crippen LogP contribution in [0.4, 0.5) is 0 Å². The molecule has 0 heterocycles. The van der Waals surface area contributed by atoms with E-state index in [-0.39, 0.29) is 11.3 Å². The quantitative estimate of drug-likeness (QED) is 0.647. The molecule has 0 bridgehead atoms. The Bertz CT molecular complexity index is 307. The number of carboxylic acid groups (broad SMARTS) is 1. The summed E-state index contributed by atoms with van der Waals surface area (Å²) in [6, 6.07) is 5.36. The summed E-state index contributed by atoms with van der Waals surface area (Å²) in [5, 5.41) is 17.1. The number of phenolic OH excluding ortho intramolecular Hbond substituents is 1. The van der Waals surface area contributed by atoms with Gasteiger partial charge in [-0.2, -0.15) is 0 Å². The number of aromatic hydroxyl groups is 1. The van der Waals surface area contributed by atoms with Crippen LogP contribution in [-0.4, -0.2) is 16.2 Å². The number of carboxylic acids is 1. The minimum atomic E-state index is -0.986. The molecule has 0 spiro atoms. The fraction of sp³-hybridized carbons (Fsp3) is 0.100. The lowest BCUT2D eigenvalue weighted by atomic mass is 10.2. The van der Waals surface area contributed by atoms with E-state index in [0.717, 1.165) is 0 Å². The first-order chi connectivity index (χ1) is 6.20. The highest BCUT2D eigenvalue weighted by Gasteiger charge is 1.99. The highest BCUT2D eigenvalue weighted by atomic mass is 16.4. The minimum Gasteiger partial charge on any atom is -0.508 e. The maximum atomic E-state index is 10.2. The zero-order chi connectivity index (χ0) is 9.68. The van der Waals surface area contributed by atoms with Crippen LogP contribution in [0, 0.1) is 0 Å². The van der Waals surface area contributed by atoms with Gasteiger partial charge < -0.3 is 10.2 Å². The summed E-state index contributed by atoms with van der Waals surface area (Å²) in [5.41, 5.74) is 0.179. The number of phenols is 1. The van der Waals surface area contributed by atoms with E-state index < -0.39 is 5.97 Å². The SMILES string of the molecule is C1=CC1.O=C(O)c1ccc(O)cc1. The summed E-state index contributed by atoms with van der Waals surface area (Å²) in [6.45, 7) is 0. The number of carbonyl (C=O) groups is 1. The van der Waals surface area contributed by atoms with E-state index in [9.17, 15) is 4.79 Å². The van der Waals surface area contributed by atoms with E-state index in [1.54, 1.807) is 0 Å². The van der Waals surface area contributed by atoms with Crippen molar-refractivity contribution < 1.29 is 15.0 Å². The molecular weight excluding hydrogens is 168 g/mol. The summed E-state index contributed by atoms with van der Waals surface area (Å²) in [7, 11) is 0. The molecule has 1 aromatic carbocycles. The van der Waals surface area contributed by atoms with Crippen LogP contribution in [0.5, 0.6) is 5.75 Å². The van der Waals surface area contributed by atoms with E-state index in [0.29, 0.717) is 0 Å². The fourth-order valence-corrected chi connectivity index (χ4v) is 0.604. The molecule has 0 saturated heterocycles. The lowest BCUT2D eigenvalue weighted by molar-refractivity contribution is 0.0697. The van der Waals surface area contributed by atoms with Crippen molar-refractivity contribution in [3.05, 3.63) is 42.0 Å². The molecule has 0 radical (unpaired) electrons. The summed E-state index contributed by atoms with van der Waals surface area (Å²) < 4.78 is 0. The van der Waals surface area contributed by atoms with Crippen LogP contribution in [0.3, 0.4) is 0 Å². The largest absolute Gasteiger partial charge is 0.508 e. The van der Waals surface area contributed by atoms with Crippen molar-refractivity contribution in [2.24, 2.45) is 0 Å². The maximum absolute atomic E-state index is 10.2. The predicted molar refractivity (Wildman–Crippen MR) is 48.8 cm³/mol. The molecule has 13 heavy (non-hydrogen) atoms. The van der Waals surface area contributed by atoms with Gasteiger partial charge in [-0.3, -0.25) is 0 Å². The zero-order valence-electron chi connectivity index (χ0n) is 6.97. The van der Waals surface area contributed by atoms with Crippen LogP contribution in [0.2, 0.25) is 0 Å². The van der Waals surface area contributed by atoms with Crippen LogP contribution in [0.15, 0.2) is 36.4 Å². The fourth-order valence-electron chi connectivity index (χ4n) is 0.604. The van der Waals surface area contributed by atoms with Crippen LogP contribution in [-0.2, 0) is 0 Å². The van der Waals surface area contributed by atoms with Crippen LogP contribution in [0.25, 0.3) is 0 Å². The Morgan fingerprint density at radius 2 is 1.62 bits per heavy atom. The first kappa shape index (κ1) is 9.32. The number of allylic oxidation sites excluding steroid dienone is 2. The van der Waals surface area contributed by atoms with Gasteiger partial charge in [-0.1, -0.05) is 12.2 Å². The number of rotatable bonds is 1. The second-order valence-electron chi connectivity index (χ2n) is 2.56. The monoisotopic (exact) mass is 178 g/mol. The van der Waals surface area contributed by atoms with E-state index in [1.807, 2.05) is 0 Å². The molecule has 0 fully saturated rings. The zero-order valence-corrected chi connectivity index (χ0v) is 6.97. The second-order valence-corrected chi connectivity index (χ2v) is 2.56. The molecule has 3 nitrogen and oxygen atoms in total. The lowest BCUT2D eigenvalue weighted by Crippen LogP contribution is -1.93. The maximum Gasteiger partial charge on any atom is 0.335 e. The molecule has 3 heteroatoms. The van der Waals surface area contributed by atoms with Gasteiger partial charge in [0.2, 0.25) is 0 Å². The molecule has 1 aliphatic rings. The standard InChI is InChI=1S/C7H6O3.C3H4/c8-6-3-1-5(2-4-6)7(9)10;1-2-3-1/h1-4,8H,(H,9,10);1-2H,3H2. The van der Waals surface area contributed by atoms with E-state index >= 15 is 0 Å². The van der Waals surface area contributed by atoms with Gasteiger partial charge in [0.1, 0.15) is 5.75 Å². The Labute approximate surface area is 76.0 Å².